The number of nitrogens with two attached hydrogens (primary N) is 1. The summed E-state index contributed by atoms with van der Waals surface area (Å²) in [6.45, 7) is 11.0. The van der Waals surface area contributed by atoms with Gasteiger partial charge < -0.3 is 10.6 Å². The van der Waals surface area contributed by atoms with E-state index in [4.69, 9.17) is 17.3 Å². The van der Waals surface area contributed by atoms with Gasteiger partial charge in [0, 0.05) is 19.6 Å². The van der Waals surface area contributed by atoms with Crippen LogP contribution in [0.25, 0.3) is 0 Å². The first kappa shape index (κ1) is 18.0. The highest BCUT2D eigenvalue weighted by Crippen LogP contribution is 2.25. The highest BCUT2D eigenvalue weighted by Gasteiger charge is 2.23. The minimum Gasteiger partial charge on any atom is -0.368 e. The Hall–Kier alpha value is -1.07. The summed E-state index contributed by atoms with van der Waals surface area (Å²) in [5, 5.41) is 4.48. The van der Waals surface area contributed by atoms with E-state index in [0.29, 0.717) is 18.8 Å². The number of aryl methyl sites for hydroxylation is 1. The van der Waals surface area contributed by atoms with Crippen LogP contribution in [-0.2, 0) is 6.54 Å². The largest absolute Gasteiger partial charge is 0.368 e. The number of hydrogen-bond acceptors (Lipinski definition) is 4. The quantitative estimate of drug-likeness (QED) is 0.800. The lowest BCUT2D eigenvalue weighted by Gasteiger charge is -2.33. The summed E-state index contributed by atoms with van der Waals surface area (Å²) in [7, 11) is 0. The highest BCUT2D eigenvalue weighted by molar-refractivity contribution is 6.33. The van der Waals surface area contributed by atoms with Gasteiger partial charge in [0.05, 0.1) is 11.9 Å². The molecule has 5 nitrogen and oxygen atoms in total. The van der Waals surface area contributed by atoms with Gasteiger partial charge in [-0.25, -0.2) is 4.68 Å². The summed E-state index contributed by atoms with van der Waals surface area (Å²) >= 11 is 6.29. The van der Waals surface area contributed by atoms with Crippen molar-refractivity contribution in [2.75, 3.05) is 24.5 Å². The molecule has 0 saturated carbocycles. The van der Waals surface area contributed by atoms with Crippen LogP contribution >= 0.6 is 11.6 Å². The SMILES string of the molecule is CCCN(CC(C)(C)CN)c1cnn(CCC)c(=O)c1Cl. The minimum absolute atomic E-state index is 0.0449. The van der Waals surface area contributed by atoms with Gasteiger partial charge in [0.1, 0.15) is 5.02 Å². The molecule has 0 atom stereocenters. The molecule has 1 aromatic heterocycles. The molecular formula is C15H27ClN4O. The third kappa shape index (κ3) is 4.71. The lowest BCUT2D eigenvalue weighted by Crippen LogP contribution is -2.40. The summed E-state index contributed by atoms with van der Waals surface area (Å²) in [4.78, 5) is 14.4. The predicted molar refractivity (Wildman–Crippen MR) is 89.1 cm³/mol. The van der Waals surface area contributed by atoms with E-state index in [1.54, 1.807) is 6.20 Å². The molecule has 6 heteroatoms. The fraction of sp³-hybridized carbons (Fsp3) is 0.733. The van der Waals surface area contributed by atoms with Crippen molar-refractivity contribution >= 4 is 17.3 Å². The van der Waals surface area contributed by atoms with E-state index in [1.807, 2.05) is 6.92 Å². The topological polar surface area (TPSA) is 64.2 Å². The molecular weight excluding hydrogens is 288 g/mol. The third-order valence-electron chi connectivity index (χ3n) is 3.41. The Kier molecular flexibility index (Phi) is 6.68. The molecule has 1 rings (SSSR count). The van der Waals surface area contributed by atoms with E-state index >= 15 is 0 Å². The second kappa shape index (κ2) is 7.80. The summed E-state index contributed by atoms with van der Waals surface area (Å²) in [6, 6.07) is 0. The average Bonchev–Trinajstić information content (AvgIpc) is 2.44. The Balaban J connectivity index is 3.14. The van der Waals surface area contributed by atoms with Gasteiger partial charge in [0.2, 0.25) is 0 Å². The molecule has 1 heterocycles. The molecule has 120 valence electrons. The number of aromatic nitrogens is 2. The predicted octanol–water partition coefficient (Wildman–Crippen LogP) is 2.51. The second-order valence-corrected chi connectivity index (χ2v) is 6.54. The smallest absolute Gasteiger partial charge is 0.287 e. The van der Waals surface area contributed by atoms with Crippen molar-refractivity contribution in [1.29, 1.82) is 0 Å². The first-order valence-corrected chi connectivity index (χ1v) is 7.94. The van der Waals surface area contributed by atoms with Crippen molar-refractivity contribution in [2.24, 2.45) is 11.1 Å². The summed E-state index contributed by atoms with van der Waals surface area (Å²) in [5.74, 6) is 0. The molecule has 0 aliphatic carbocycles. The first-order valence-electron chi connectivity index (χ1n) is 7.57. The normalized spacial score (nSPS) is 11.7. The zero-order valence-corrected chi connectivity index (χ0v) is 14.3. The van der Waals surface area contributed by atoms with E-state index in [9.17, 15) is 4.79 Å². The van der Waals surface area contributed by atoms with Crippen LogP contribution in [0.15, 0.2) is 11.0 Å². The lowest BCUT2D eigenvalue weighted by atomic mass is 9.93. The summed E-state index contributed by atoms with van der Waals surface area (Å²) in [5.41, 5.74) is 6.26. The zero-order valence-electron chi connectivity index (χ0n) is 13.5. The monoisotopic (exact) mass is 314 g/mol. The van der Waals surface area contributed by atoms with Crippen LogP contribution in [0.4, 0.5) is 5.69 Å². The summed E-state index contributed by atoms with van der Waals surface area (Å²) < 4.78 is 1.42. The maximum absolute atomic E-state index is 12.2. The fourth-order valence-electron chi connectivity index (χ4n) is 2.18. The lowest BCUT2D eigenvalue weighted by molar-refractivity contribution is 0.377. The van der Waals surface area contributed by atoms with Crippen LogP contribution in [0, 0.1) is 5.41 Å². The number of nitrogens with zero attached hydrogens (tertiary/aromatic N) is 3. The van der Waals surface area contributed by atoms with Gasteiger partial charge in [0.15, 0.2) is 0 Å². The average molecular weight is 315 g/mol. The third-order valence-corrected chi connectivity index (χ3v) is 3.76. The number of anilines is 1. The van der Waals surface area contributed by atoms with E-state index in [1.165, 1.54) is 4.68 Å². The second-order valence-electron chi connectivity index (χ2n) is 6.16. The van der Waals surface area contributed by atoms with Crippen LogP contribution in [0.3, 0.4) is 0 Å². The molecule has 1 aromatic rings. The first-order chi connectivity index (χ1) is 9.86. The van der Waals surface area contributed by atoms with E-state index in [-0.39, 0.29) is 16.0 Å². The van der Waals surface area contributed by atoms with Crippen molar-refractivity contribution in [3.8, 4) is 0 Å². The summed E-state index contributed by atoms with van der Waals surface area (Å²) in [6.07, 6.45) is 3.51. The molecule has 0 aliphatic heterocycles. The van der Waals surface area contributed by atoms with Gasteiger partial charge in [-0.05, 0) is 24.8 Å². The number of halogens is 1. The Bertz CT molecular complexity index is 513. The van der Waals surface area contributed by atoms with Gasteiger partial charge in [0.25, 0.3) is 5.56 Å². The fourth-order valence-corrected chi connectivity index (χ4v) is 2.45. The molecule has 0 amide bonds. The molecule has 0 fully saturated rings. The zero-order chi connectivity index (χ0) is 16.0. The van der Waals surface area contributed by atoms with Crippen LogP contribution in [0.1, 0.15) is 40.5 Å². The van der Waals surface area contributed by atoms with E-state index < -0.39 is 0 Å². The van der Waals surface area contributed by atoms with Crippen LogP contribution in [0.5, 0.6) is 0 Å². The molecule has 0 aliphatic rings. The maximum Gasteiger partial charge on any atom is 0.287 e. The van der Waals surface area contributed by atoms with Gasteiger partial charge in [-0.2, -0.15) is 5.10 Å². The van der Waals surface area contributed by atoms with Gasteiger partial charge in [-0.15, -0.1) is 0 Å². The van der Waals surface area contributed by atoms with Crippen LogP contribution in [-0.4, -0.2) is 29.4 Å². The van der Waals surface area contributed by atoms with Gasteiger partial charge >= 0.3 is 0 Å². The Morgan fingerprint density at radius 3 is 2.57 bits per heavy atom. The molecule has 0 bridgehead atoms. The van der Waals surface area contributed by atoms with Crippen molar-refractivity contribution in [3.05, 3.63) is 21.6 Å². The van der Waals surface area contributed by atoms with Crippen LogP contribution < -0.4 is 16.2 Å². The Morgan fingerprint density at radius 1 is 1.38 bits per heavy atom. The van der Waals surface area contributed by atoms with Crippen molar-refractivity contribution in [1.82, 2.24) is 9.78 Å². The van der Waals surface area contributed by atoms with E-state index in [2.05, 4.69) is 30.8 Å². The van der Waals surface area contributed by atoms with Crippen molar-refractivity contribution in [3.63, 3.8) is 0 Å². The van der Waals surface area contributed by atoms with Crippen LogP contribution in [0.2, 0.25) is 5.02 Å². The Labute approximate surface area is 132 Å². The van der Waals surface area contributed by atoms with Gasteiger partial charge in [-0.1, -0.05) is 39.3 Å². The maximum atomic E-state index is 12.2. The number of rotatable bonds is 8. The standard InChI is InChI=1S/C15H27ClN4O/c1-5-7-19(11-15(3,4)10-17)12-9-18-20(8-6-2)14(21)13(12)16/h9H,5-8,10-11,17H2,1-4H3. The van der Waals surface area contributed by atoms with Crippen molar-refractivity contribution < 1.29 is 0 Å². The van der Waals surface area contributed by atoms with E-state index in [0.717, 1.165) is 25.9 Å². The number of hydrogen-bond donors (Lipinski definition) is 1. The molecule has 0 spiro atoms. The van der Waals surface area contributed by atoms with Gasteiger partial charge in [-0.3, -0.25) is 4.79 Å². The van der Waals surface area contributed by atoms with Crippen molar-refractivity contribution in [2.45, 2.75) is 47.1 Å². The molecule has 0 aromatic carbocycles. The highest BCUT2D eigenvalue weighted by atomic mass is 35.5. The molecule has 2 N–H and O–H groups in total. The molecule has 21 heavy (non-hydrogen) atoms. The molecule has 0 unspecified atom stereocenters. The Morgan fingerprint density at radius 2 is 2.05 bits per heavy atom. The minimum atomic E-state index is -0.220. The molecule has 0 saturated heterocycles. The molecule has 0 radical (unpaired) electrons.